The lowest BCUT2D eigenvalue weighted by atomic mass is 10.1. The lowest BCUT2D eigenvalue weighted by Gasteiger charge is -2.13. The average Bonchev–Trinajstić information content (AvgIpc) is 2.38. The summed E-state index contributed by atoms with van der Waals surface area (Å²) in [6, 6.07) is 4.60. The predicted molar refractivity (Wildman–Crippen MR) is 74.0 cm³/mol. The molecular weight excluding hydrogens is 208 g/mol. The Hall–Kier alpha value is -0.890. The maximum atomic E-state index is 4.04. The second kappa shape index (κ2) is 9.17. The van der Waals surface area contributed by atoms with Gasteiger partial charge >= 0.3 is 0 Å². The van der Waals surface area contributed by atoms with Gasteiger partial charge in [0.25, 0.3) is 0 Å². The summed E-state index contributed by atoms with van der Waals surface area (Å²) < 4.78 is 0. The number of rotatable bonds is 9. The number of hydrogen-bond acceptors (Lipinski definition) is 2. The third-order valence-electron chi connectivity index (χ3n) is 3.19. The van der Waals surface area contributed by atoms with E-state index < -0.39 is 0 Å². The normalized spacial score (nSPS) is 12.6. The van der Waals surface area contributed by atoms with Gasteiger partial charge in [0.15, 0.2) is 0 Å². The van der Waals surface area contributed by atoms with Crippen molar-refractivity contribution in [1.29, 1.82) is 0 Å². The molecule has 2 nitrogen and oxygen atoms in total. The first-order valence-corrected chi connectivity index (χ1v) is 6.98. The van der Waals surface area contributed by atoms with Gasteiger partial charge in [0, 0.05) is 18.4 Å². The average molecular weight is 234 g/mol. The van der Waals surface area contributed by atoms with Crippen molar-refractivity contribution in [1.82, 2.24) is 10.3 Å². The first-order valence-electron chi connectivity index (χ1n) is 6.98. The molecule has 0 amide bonds. The predicted octanol–water partition coefficient (Wildman–Crippen LogP) is 4.09. The lowest BCUT2D eigenvalue weighted by molar-refractivity contribution is 0.527. The smallest absolute Gasteiger partial charge is 0.0292 e. The van der Waals surface area contributed by atoms with Crippen molar-refractivity contribution in [3.8, 4) is 0 Å². The molecule has 0 radical (unpaired) electrons. The van der Waals surface area contributed by atoms with Gasteiger partial charge in [-0.25, -0.2) is 0 Å². The molecule has 0 aliphatic heterocycles. The van der Waals surface area contributed by atoms with Crippen LogP contribution in [-0.4, -0.2) is 11.5 Å². The van der Waals surface area contributed by atoms with Crippen molar-refractivity contribution in [3.05, 3.63) is 30.1 Å². The first-order chi connectivity index (χ1) is 8.34. The highest BCUT2D eigenvalue weighted by Crippen LogP contribution is 2.10. The molecule has 17 heavy (non-hydrogen) atoms. The molecule has 96 valence electrons. The Balaban J connectivity index is 2.03. The van der Waals surface area contributed by atoms with Crippen molar-refractivity contribution in [3.63, 3.8) is 0 Å². The van der Waals surface area contributed by atoms with Crippen LogP contribution in [0.3, 0.4) is 0 Å². The Morgan fingerprint density at radius 1 is 1.06 bits per heavy atom. The van der Waals surface area contributed by atoms with Crippen molar-refractivity contribution in [2.45, 2.75) is 58.4 Å². The molecule has 1 aromatic rings. The quantitative estimate of drug-likeness (QED) is 0.651. The standard InChI is InChI=1S/C15H26N2/c1-3-4-5-6-7-8-11-17-14(2)15-9-12-16-13-10-15/h9-10,12-14,17H,3-8,11H2,1-2H3/t14-/m0/s1. The maximum absolute atomic E-state index is 4.04. The van der Waals surface area contributed by atoms with Crippen molar-refractivity contribution < 1.29 is 0 Å². The summed E-state index contributed by atoms with van der Waals surface area (Å²) >= 11 is 0. The second-order valence-electron chi connectivity index (χ2n) is 4.72. The van der Waals surface area contributed by atoms with E-state index in [0.717, 1.165) is 6.54 Å². The number of nitrogens with zero attached hydrogens (tertiary/aromatic N) is 1. The minimum Gasteiger partial charge on any atom is -0.310 e. The van der Waals surface area contributed by atoms with Crippen LogP contribution in [-0.2, 0) is 0 Å². The third-order valence-corrected chi connectivity index (χ3v) is 3.19. The summed E-state index contributed by atoms with van der Waals surface area (Å²) in [5, 5.41) is 3.56. The Morgan fingerprint density at radius 2 is 1.71 bits per heavy atom. The van der Waals surface area contributed by atoms with Crippen LogP contribution < -0.4 is 5.32 Å². The molecule has 0 spiro atoms. The van der Waals surface area contributed by atoms with Crippen LogP contribution in [0.2, 0.25) is 0 Å². The van der Waals surface area contributed by atoms with Crippen LogP contribution in [0.25, 0.3) is 0 Å². The van der Waals surface area contributed by atoms with E-state index >= 15 is 0 Å². The molecule has 0 aliphatic carbocycles. The first kappa shape index (κ1) is 14.2. The Kier molecular flexibility index (Phi) is 7.65. The molecule has 1 rings (SSSR count). The zero-order valence-electron chi connectivity index (χ0n) is 11.3. The van der Waals surface area contributed by atoms with Crippen LogP contribution in [0.4, 0.5) is 0 Å². The summed E-state index contributed by atoms with van der Waals surface area (Å²) in [7, 11) is 0. The highest BCUT2D eigenvalue weighted by molar-refractivity contribution is 5.13. The molecule has 0 bridgehead atoms. The van der Waals surface area contributed by atoms with Gasteiger partial charge < -0.3 is 5.32 Å². The molecule has 1 heterocycles. The van der Waals surface area contributed by atoms with E-state index in [1.807, 2.05) is 12.4 Å². The summed E-state index contributed by atoms with van der Waals surface area (Å²) in [5.74, 6) is 0. The zero-order valence-corrected chi connectivity index (χ0v) is 11.3. The van der Waals surface area contributed by atoms with Gasteiger partial charge in [0.1, 0.15) is 0 Å². The molecule has 0 saturated heterocycles. The highest BCUT2D eigenvalue weighted by atomic mass is 14.9. The number of aromatic nitrogens is 1. The number of nitrogens with one attached hydrogen (secondary N) is 1. The fourth-order valence-electron chi connectivity index (χ4n) is 1.99. The van der Waals surface area contributed by atoms with Crippen LogP contribution in [0.1, 0.15) is 64.0 Å². The van der Waals surface area contributed by atoms with E-state index in [1.165, 1.54) is 44.1 Å². The molecule has 0 aromatic carbocycles. The van der Waals surface area contributed by atoms with Crippen molar-refractivity contribution >= 4 is 0 Å². The minimum absolute atomic E-state index is 0.439. The van der Waals surface area contributed by atoms with Gasteiger partial charge in [0.05, 0.1) is 0 Å². The van der Waals surface area contributed by atoms with Crippen molar-refractivity contribution in [2.75, 3.05) is 6.54 Å². The molecule has 2 heteroatoms. The monoisotopic (exact) mass is 234 g/mol. The van der Waals surface area contributed by atoms with E-state index in [9.17, 15) is 0 Å². The molecule has 1 aromatic heterocycles. The molecular formula is C15H26N2. The molecule has 1 N–H and O–H groups in total. The summed E-state index contributed by atoms with van der Waals surface area (Å²) in [4.78, 5) is 4.04. The fourth-order valence-corrected chi connectivity index (χ4v) is 1.99. The number of hydrogen-bond donors (Lipinski definition) is 1. The molecule has 0 saturated carbocycles. The molecule has 0 aliphatic rings. The summed E-state index contributed by atoms with van der Waals surface area (Å²) in [5.41, 5.74) is 1.32. The van der Waals surface area contributed by atoms with E-state index in [1.54, 1.807) is 0 Å². The van der Waals surface area contributed by atoms with Gasteiger partial charge in [0.2, 0.25) is 0 Å². The Bertz CT molecular complexity index is 272. The SMILES string of the molecule is CCCCCCCCN[C@@H](C)c1ccncc1. The molecule has 0 unspecified atom stereocenters. The van der Waals surface area contributed by atoms with Crippen LogP contribution in [0.5, 0.6) is 0 Å². The fraction of sp³-hybridized carbons (Fsp3) is 0.667. The van der Waals surface area contributed by atoms with E-state index in [-0.39, 0.29) is 0 Å². The summed E-state index contributed by atoms with van der Waals surface area (Å²) in [6.07, 6.45) is 11.9. The van der Waals surface area contributed by atoms with Crippen LogP contribution in [0, 0.1) is 0 Å². The van der Waals surface area contributed by atoms with E-state index in [0.29, 0.717) is 6.04 Å². The van der Waals surface area contributed by atoms with Crippen LogP contribution >= 0.6 is 0 Å². The molecule has 1 atom stereocenters. The van der Waals surface area contributed by atoms with Crippen molar-refractivity contribution in [2.24, 2.45) is 0 Å². The largest absolute Gasteiger partial charge is 0.310 e. The van der Waals surface area contributed by atoms with Gasteiger partial charge in [-0.2, -0.15) is 0 Å². The van der Waals surface area contributed by atoms with Gasteiger partial charge in [-0.1, -0.05) is 39.0 Å². The lowest BCUT2D eigenvalue weighted by Crippen LogP contribution is -2.19. The number of pyridine rings is 1. The zero-order chi connectivity index (χ0) is 12.3. The topological polar surface area (TPSA) is 24.9 Å². The van der Waals surface area contributed by atoms with E-state index in [4.69, 9.17) is 0 Å². The Morgan fingerprint density at radius 3 is 2.41 bits per heavy atom. The minimum atomic E-state index is 0.439. The van der Waals surface area contributed by atoms with Gasteiger partial charge in [-0.3, -0.25) is 4.98 Å². The maximum Gasteiger partial charge on any atom is 0.0292 e. The number of unbranched alkanes of at least 4 members (excludes halogenated alkanes) is 5. The second-order valence-corrected chi connectivity index (χ2v) is 4.72. The highest BCUT2D eigenvalue weighted by Gasteiger charge is 2.02. The third kappa shape index (κ3) is 6.42. The van der Waals surface area contributed by atoms with Gasteiger partial charge in [-0.05, 0) is 37.6 Å². The molecule has 0 fully saturated rings. The Labute approximate surface area is 106 Å². The van der Waals surface area contributed by atoms with Crippen LogP contribution in [0.15, 0.2) is 24.5 Å². The summed E-state index contributed by atoms with van der Waals surface area (Å²) in [6.45, 7) is 5.60. The van der Waals surface area contributed by atoms with Gasteiger partial charge in [-0.15, -0.1) is 0 Å². The van der Waals surface area contributed by atoms with E-state index in [2.05, 4.69) is 36.3 Å².